The van der Waals surface area contributed by atoms with Crippen LogP contribution in [0.4, 0.5) is 5.69 Å². The molecular weight excluding hydrogens is 298 g/mol. The molecule has 0 atom stereocenters. The van der Waals surface area contributed by atoms with E-state index in [-0.39, 0.29) is 12.5 Å². The Hall–Kier alpha value is -2.47. The fraction of sp³-hybridized carbons (Fsp3) is 0.188. The number of ether oxygens (including phenoxy) is 1. The molecule has 0 bridgehead atoms. The smallest absolute Gasteiger partial charge is 0.262 e. The van der Waals surface area contributed by atoms with Crippen LogP contribution in [0.5, 0.6) is 5.75 Å². The van der Waals surface area contributed by atoms with Crippen LogP contribution < -0.4 is 10.1 Å². The van der Waals surface area contributed by atoms with Crippen LogP contribution >= 0.6 is 11.7 Å². The summed E-state index contributed by atoms with van der Waals surface area (Å²) in [5.74, 6) is 0.536. The predicted molar refractivity (Wildman–Crippen MR) is 87.5 cm³/mol. The van der Waals surface area contributed by atoms with E-state index in [4.69, 9.17) is 4.74 Å². The zero-order valence-electron chi connectivity index (χ0n) is 12.3. The summed E-state index contributed by atoms with van der Waals surface area (Å²) in [6, 6.07) is 11.4. The Balaban J connectivity index is 1.69. The number of anilines is 1. The molecule has 3 rings (SSSR count). The van der Waals surface area contributed by atoms with E-state index in [0.29, 0.717) is 11.2 Å². The SMILES string of the molecule is Cc1cccc(C)c1OCC(=O)Nc1cccc2nsnc12. The second kappa shape index (κ2) is 6.11. The molecule has 1 N–H and O–H groups in total. The first-order valence-electron chi connectivity index (χ1n) is 6.85. The van der Waals surface area contributed by atoms with Crippen molar-refractivity contribution >= 4 is 34.4 Å². The quantitative estimate of drug-likeness (QED) is 0.802. The molecule has 2 aromatic carbocycles. The fourth-order valence-electron chi connectivity index (χ4n) is 2.26. The Morgan fingerprint density at radius 2 is 1.86 bits per heavy atom. The minimum Gasteiger partial charge on any atom is -0.483 e. The molecule has 0 saturated carbocycles. The van der Waals surface area contributed by atoms with Gasteiger partial charge >= 0.3 is 0 Å². The van der Waals surface area contributed by atoms with E-state index in [1.807, 2.05) is 44.2 Å². The molecule has 0 aliphatic carbocycles. The number of carbonyl (C=O) groups is 1. The summed E-state index contributed by atoms with van der Waals surface area (Å²) in [5.41, 5.74) is 4.16. The predicted octanol–water partition coefficient (Wildman–Crippen LogP) is 3.33. The average molecular weight is 313 g/mol. The first kappa shape index (κ1) is 14.5. The van der Waals surface area contributed by atoms with Crippen LogP contribution in [0.3, 0.4) is 0 Å². The van der Waals surface area contributed by atoms with Gasteiger partial charge in [-0.2, -0.15) is 8.75 Å². The van der Waals surface area contributed by atoms with Gasteiger partial charge in [-0.05, 0) is 37.1 Å². The summed E-state index contributed by atoms with van der Waals surface area (Å²) < 4.78 is 14.0. The van der Waals surface area contributed by atoms with Gasteiger partial charge in [0.25, 0.3) is 5.91 Å². The van der Waals surface area contributed by atoms with Crippen LogP contribution in [0.25, 0.3) is 11.0 Å². The van der Waals surface area contributed by atoms with Gasteiger partial charge in [0.15, 0.2) is 6.61 Å². The average Bonchev–Trinajstić information content (AvgIpc) is 2.96. The number of amides is 1. The molecular formula is C16H15N3O2S. The van der Waals surface area contributed by atoms with E-state index in [9.17, 15) is 4.79 Å². The van der Waals surface area contributed by atoms with Crippen LogP contribution in [-0.4, -0.2) is 21.3 Å². The number of fused-ring (bicyclic) bond motifs is 1. The summed E-state index contributed by atoms with van der Waals surface area (Å²) in [5, 5.41) is 2.82. The maximum absolute atomic E-state index is 12.1. The molecule has 0 spiro atoms. The van der Waals surface area contributed by atoms with Crippen molar-refractivity contribution in [2.75, 3.05) is 11.9 Å². The van der Waals surface area contributed by atoms with Crippen LogP contribution in [0.15, 0.2) is 36.4 Å². The van der Waals surface area contributed by atoms with E-state index in [0.717, 1.165) is 34.1 Å². The molecule has 6 heteroatoms. The Kier molecular flexibility index (Phi) is 4.02. The van der Waals surface area contributed by atoms with Gasteiger partial charge in [-0.3, -0.25) is 4.79 Å². The lowest BCUT2D eigenvalue weighted by Gasteiger charge is -2.12. The molecule has 1 aromatic heterocycles. The van der Waals surface area contributed by atoms with Crippen molar-refractivity contribution in [3.8, 4) is 5.75 Å². The minimum atomic E-state index is -0.219. The van der Waals surface area contributed by atoms with Gasteiger partial charge in [-0.15, -0.1) is 0 Å². The van der Waals surface area contributed by atoms with Crippen molar-refractivity contribution in [1.29, 1.82) is 0 Å². The second-order valence-corrected chi connectivity index (χ2v) is 5.52. The highest BCUT2D eigenvalue weighted by atomic mass is 32.1. The number of nitrogens with zero attached hydrogens (tertiary/aromatic N) is 2. The molecule has 112 valence electrons. The third-order valence-corrected chi connectivity index (χ3v) is 3.86. The van der Waals surface area contributed by atoms with Crippen molar-refractivity contribution in [2.24, 2.45) is 0 Å². The van der Waals surface area contributed by atoms with Crippen molar-refractivity contribution < 1.29 is 9.53 Å². The van der Waals surface area contributed by atoms with E-state index in [1.54, 1.807) is 6.07 Å². The zero-order valence-corrected chi connectivity index (χ0v) is 13.1. The lowest BCUT2D eigenvalue weighted by Crippen LogP contribution is -2.20. The first-order chi connectivity index (χ1) is 10.6. The number of hydrogen-bond donors (Lipinski definition) is 1. The summed E-state index contributed by atoms with van der Waals surface area (Å²) in [7, 11) is 0. The molecule has 0 radical (unpaired) electrons. The normalized spacial score (nSPS) is 10.6. The van der Waals surface area contributed by atoms with Crippen molar-refractivity contribution in [1.82, 2.24) is 8.75 Å². The molecule has 3 aromatic rings. The van der Waals surface area contributed by atoms with Crippen molar-refractivity contribution in [3.05, 3.63) is 47.5 Å². The summed E-state index contributed by atoms with van der Waals surface area (Å²) in [6.45, 7) is 3.88. The highest BCUT2D eigenvalue weighted by molar-refractivity contribution is 7.00. The van der Waals surface area contributed by atoms with Gasteiger partial charge in [-0.1, -0.05) is 24.3 Å². The molecule has 22 heavy (non-hydrogen) atoms. The molecule has 0 fully saturated rings. The lowest BCUT2D eigenvalue weighted by molar-refractivity contribution is -0.118. The number of carbonyl (C=O) groups excluding carboxylic acids is 1. The number of rotatable bonds is 4. The molecule has 1 amide bonds. The second-order valence-electron chi connectivity index (χ2n) is 5.00. The summed E-state index contributed by atoms with van der Waals surface area (Å²) in [4.78, 5) is 12.1. The highest BCUT2D eigenvalue weighted by Crippen LogP contribution is 2.23. The summed E-state index contributed by atoms with van der Waals surface area (Å²) >= 11 is 1.13. The Morgan fingerprint density at radius 3 is 2.64 bits per heavy atom. The van der Waals surface area contributed by atoms with Crippen LogP contribution in [0, 0.1) is 13.8 Å². The van der Waals surface area contributed by atoms with Crippen molar-refractivity contribution in [2.45, 2.75) is 13.8 Å². The third kappa shape index (κ3) is 2.92. The van der Waals surface area contributed by atoms with Gasteiger partial charge in [0.2, 0.25) is 0 Å². The minimum absolute atomic E-state index is 0.0420. The van der Waals surface area contributed by atoms with Gasteiger partial charge in [0, 0.05) is 0 Å². The molecule has 0 aliphatic rings. The van der Waals surface area contributed by atoms with E-state index in [1.165, 1.54) is 0 Å². The number of nitrogens with one attached hydrogen (secondary N) is 1. The Morgan fingerprint density at radius 1 is 1.14 bits per heavy atom. The monoisotopic (exact) mass is 313 g/mol. The van der Waals surface area contributed by atoms with E-state index in [2.05, 4.69) is 14.1 Å². The first-order valence-corrected chi connectivity index (χ1v) is 7.58. The van der Waals surface area contributed by atoms with Crippen LogP contribution in [0.1, 0.15) is 11.1 Å². The number of aryl methyl sites for hydroxylation is 2. The molecule has 0 aliphatic heterocycles. The maximum Gasteiger partial charge on any atom is 0.262 e. The largest absolute Gasteiger partial charge is 0.483 e. The number of hydrogen-bond acceptors (Lipinski definition) is 5. The Labute approximate surface area is 132 Å². The van der Waals surface area contributed by atoms with Gasteiger partial charge in [0.05, 0.1) is 17.4 Å². The van der Waals surface area contributed by atoms with E-state index >= 15 is 0 Å². The zero-order chi connectivity index (χ0) is 15.5. The highest BCUT2D eigenvalue weighted by Gasteiger charge is 2.10. The van der Waals surface area contributed by atoms with Crippen molar-refractivity contribution in [3.63, 3.8) is 0 Å². The van der Waals surface area contributed by atoms with E-state index < -0.39 is 0 Å². The lowest BCUT2D eigenvalue weighted by atomic mass is 10.1. The molecule has 5 nitrogen and oxygen atoms in total. The topological polar surface area (TPSA) is 64.1 Å². The molecule has 0 saturated heterocycles. The summed E-state index contributed by atoms with van der Waals surface area (Å²) in [6.07, 6.45) is 0. The molecule has 1 heterocycles. The molecule has 0 unspecified atom stereocenters. The number of aromatic nitrogens is 2. The maximum atomic E-state index is 12.1. The van der Waals surface area contributed by atoms with Gasteiger partial charge < -0.3 is 10.1 Å². The van der Waals surface area contributed by atoms with Crippen LogP contribution in [-0.2, 0) is 4.79 Å². The van der Waals surface area contributed by atoms with Crippen LogP contribution in [0.2, 0.25) is 0 Å². The van der Waals surface area contributed by atoms with Gasteiger partial charge in [-0.25, -0.2) is 0 Å². The Bertz CT molecular complexity index is 809. The third-order valence-electron chi connectivity index (χ3n) is 3.32. The number of benzene rings is 2. The number of para-hydroxylation sites is 1. The fourth-order valence-corrected chi connectivity index (χ4v) is 2.81. The standard InChI is InChI=1S/C16H15N3O2S/c1-10-5-3-6-11(2)16(10)21-9-14(20)17-12-7-4-8-13-15(12)19-22-18-13/h3-8H,9H2,1-2H3,(H,17,20). The van der Waals surface area contributed by atoms with Gasteiger partial charge in [0.1, 0.15) is 16.8 Å².